The Balaban J connectivity index is 0.928. The van der Waals surface area contributed by atoms with Gasteiger partial charge in [-0.3, -0.25) is 14.4 Å². The van der Waals surface area contributed by atoms with E-state index in [4.69, 9.17) is 19.7 Å². The molecule has 10 rings (SSSR count). The highest BCUT2D eigenvalue weighted by atomic mass is 16.5. The summed E-state index contributed by atoms with van der Waals surface area (Å²) in [6, 6.07) is 16.9. The van der Waals surface area contributed by atoms with Gasteiger partial charge in [-0.1, -0.05) is 45.9 Å². The highest BCUT2D eigenvalue weighted by Crippen LogP contribution is 2.57. The Kier molecular flexibility index (Phi) is 8.69. The fraction of sp³-hybridized carbons (Fsp3) is 0.444. The molecular weight excluding hydrogens is 747 g/mol. The highest BCUT2D eigenvalue weighted by molar-refractivity contribution is 6.06. The van der Waals surface area contributed by atoms with Gasteiger partial charge in [0.15, 0.2) is 0 Å². The maximum atomic E-state index is 13.9. The normalized spacial score (nSPS) is 24.2. The number of aromatic amines is 2. The van der Waals surface area contributed by atoms with E-state index in [0.29, 0.717) is 36.8 Å². The number of rotatable bonds is 9. The minimum atomic E-state index is -0.695. The van der Waals surface area contributed by atoms with E-state index in [9.17, 15) is 19.2 Å². The molecule has 4 N–H and O–H groups in total. The van der Waals surface area contributed by atoms with Crippen molar-refractivity contribution >= 4 is 67.6 Å². The molecule has 14 nitrogen and oxygen atoms in total. The van der Waals surface area contributed by atoms with Gasteiger partial charge < -0.3 is 35.1 Å². The number of carbonyl (C=O) groups is 4. The largest absolute Gasteiger partial charge is 0.453 e. The molecule has 4 aliphatic rings. The molecule has 2 saturated carbocycles. The molecule has 2 aliphatic heterocycles. The molecule has 14 heteroatoms. The van der Waals surface area contributed by atoms with Crippen LogP contribution in [0.5, 0.6) is 0 Å². The lowest BCUT2D eigenvalue weighted by atomic mass is 10.0. The van der Waals surface area contributed by atoms with Crippen molar-refractivity contribution in [2.75, 3.05) is 20.2 Å². The van der Waals surface area contributed by atoms with E-state index < -0.39 is 18.2 Å². The third kappa shape index (κ3) is 6.26. The lowest BCUT2D eigenvalue weighted by molar-refractivity contribution is -0.139. The Morgan fingerprint density at radius 2 is 1.24 bits per heavy atom. The van der Waals surface area contributed by atoms with E-state index in [0.717, 1.165) is 79.5 Å². The summed E-state index contributed by atoms with van der Waals surface area (Å²) < 4.78 is 4.82. The van der Waals surface area contributed by atoms with Crippen molar-refractivity contribution in [2.45, 2.75) is 71.6 Å². The summed E-state index contributed by atoms with van der Waals surface area (Å²) in [5.74, 6) is 2.61. The van der Waals surface area contributed by atoms with Gasteiger partial charge in [0, 0.05) is 36.3 Å². The number of nitrogens with one attached hydrogen (secondary N) is 4. The van der Waals surface area contributed by atoms with Crippen molar-refractivity contribution in [2.24, 2.45) is 35.5 Å². The molecule has 3 aromatic heterocycles. The SMILES string of the molecule is COC(=O)N[C@H](C(=O)N1CC2CC2C1c1nc2ccc3nc(-c4ccc5c(ccc6nc(C7C8CC8CN7C(=O)[C@@H](NC(C)=O)C(C)C)[nH]c65)c4)ccc3c2[nH]1)C(C)C. The number of pyridine rings is 1. The standard InChI is InChI=1S/C45H49N9O5/c1-20(2)35(46-22(5)55)43(56)53-18-25-16-29(25)39(53)41-48-33-11-8-23-15-24(7-9-27(23)37(33)50-41)31-12-10-28-32(47-31)13-14-34-38(28)51-42(49-34)40-30-17-26(30)19-54(40)44(57)36(21(3)4)52-45(58)59-6/h7-15,20-21,25-26,29-30,35-36,39-40H,16-19H2,1-6H3,(H,46,55)(H,48,50)(H,49,51)(H,52,58)/t25?,26?,29?,30?,35-,36-,39?,40?/m0/s1. The number of benzene rings is 3. The molecule has 304 valence electrons. The number of alkyl carbamates (subject to hydrolysis) is 1. The van der Waals surface area contributed by atoms with E-state index in [1.807, 2.05) is 61.8 Å². The topological polar surface area (TPSA) is 178 Å². The molecule has 0 bridgehead atoms. The van der Waals surface area contributed by atoms with E-state index in [1.165, 1.54) is 14.0 Å². The van der Waals surface area contributed by atoms with Gasteiger partial charge in [0.05, 0.1) is 52.5 Å². The van der Waals surface area contributed by atoms with Crippen LogP contribution in [-0.2, 0) is 19.1 Å². The van der Waals surface area contributed by atoms with Crippen LogP contribution in [0, 0.1) is 35.5 Å². The van der Waals surface area contributed by atoms with Gasteiger partial charge in [0.2, 0.25) is 17.7 Å². The number of methoxy groups -OCH3 is 1. The minimum Gasteiger partial charge on any atom is -0.453 e. The first-order valence-corrected chi connectivity index (χ1v) is 20.8. The molecule has 5 heterocycles. The molecule has 2 saturated heterocycles. The number of likely N-dealkylation sites (tertiary alicyclic amines) is 2. The van der Waals surface area contributed by atoms with Gasteiger partial charge in [-0.2, -0.15) is 0 Å². The van der Waals surface area contributed by atoms with Crippen LogP contribution in [0.3, 0.4) is 0 Å². The second-order valence-corrected chi connectivity index (χ2v) is 17.8. The fourth-order valence-corrected chi connectivity index (χ4v) is 10.0. The smallest absolute Gasteiger partial charge is 0.407 e. The summed E-state index contributed by atoms with van der Waals surface area (Å²) in [5.41, 5.74) is 6.14. The molecule has 4 amide bonds. The van der Waals surface area contributed by atoms with Crippen molar-refractivity contribution in [1.29, 1.82) is 0 Å². The molecule has 6 aromatic rings. The predicted octanol–water partition coefficient (Wildman–Crippen LogP) is 6.39. The number of fused-ring (bicyclic) bond motifs is 8. The molecule has 0 spiro atoms. The van der Waals surface area contributed by atoms with Crippen LogP contribution >= 0.6 is 0 Å². The first-order chi connectivity index (χ1) is 28.4. The van der Waals surface area contributed by atoms with Crippen molar-refractivity contribution in [3.05, 3.63) is 66.2 Å². The van der Waals surface area contributed by atoms with Gasteiger partial charge in [0.1, 0.15) is 23.7 Å². The number of hydrogen-bond donors (Lipinski definition) is 4. The predicted molar refractivity (Wildman–Crippen MR) is 223 cm³/mol. The fourth-order valence-electron chi connectivity index (χ4n) is 10.0. The third-order valence-corrected chi connectivity index (χ3v) is 13.2. The summed E-state index contributed by atoms with van der Waals surface area (Å²) in [7, 11) is 1.30. The minimum absolute atomic E-state index is 0.0332. The second-order valence-electron chi connectivity index (χ2n) is 17.8. The number of carbonyl (C=O) groups excluding carboxylic acids is 4. The zero-order chi connectivity index (χ0) is 41.0. The molecule has 59 heavy (non-hydrogen) atoms. The number of aromatic nitrogens is 5. The Morgan fingerprint density at radius 3 is 1.81 bits per heavy atom. The van der Waals surface area contributed by atoms with Crippen molar-refractivity contribution in [1.82, 2.24) is 45.4 Å². The van der Waals surface area contributed by atoms with Crippen LogP contribution in [0.2, 0.25) is 0 Å². The van der Waals surface area contributed by atoms with E-state index >= 15 is 0 Å². The number of hydrogen-bond acceptors (Lipinski definition) is 8. The number of piperidine rings is 2. The first kappa shape index (κ1) is 37.2. The van der Waals surface area contributed by atoms with Gasteiger partial charge in [-0.05, 0) is 90.1 Å². The van der Waals surface area contributed by atoms with Gasteiger partial charge >= 0.3 is 6.09 Å². The van der Waals surface area contributed by atoms with Gasteiger partial charge in [0.25, 0.3) is 0 Å². The van der Waals surface area contributed by atoms with Crippen LogP contribution in [0.4, 0.5) is 4.79 Å². The Morgan fingerprint density at radius 1 is 0.695 bits per heavy atom. The van der Waals surface area contributed by atoms with Crippen molar-refractivity contribution in [3.63, 3.8) is 0 Å². The maximum Gasteiger partial charge on any atom is 0.407 e. The van der Waals surface area contributed by atoms with E-state index in [1.54, 1.807) is 0 Å². The number of ether oxygens (including phenoxy) is 1. The summed E-state index contributed by atoms with van der Waals surface area (Å²) in [6.45, 7) is 10.5. The Hall–Kier alpha value is -6.05. The third-order valence-electron chi connectivity index (χ3n) is 13.2. The number of H-pyrrole nitrogens is 2. The average Bonchev–Trinajstić information content (AvgIpc) is 3.87. The van der Waals surface area contributed by atoms with E-state index in [-0.39, 0.29) is 41.6 Å². The molecule has 8 atom stereocenters. The number of imidazole rings is 2. The molecular formula is C45H49N9O5. The van der Waals surface area contributed by atoms with Gasteiger partial charge in [-0.15, -0.1) is 0 Å². The highest BCUT2D eigenvalue weighted by Gasteiger charge is 2.57. The molecule has 3 aromatic carbocycles. The summed E-state index contributed by atoms with van der Waals surface area (Å²) in [6.07, 6.45) is 1.51. The van der Waals surface area contributed by atoms with Crippen LogP contribution in [-0.4, -0.2) is 90.8 Å². The maximum absolute atomic E-state index is 13.9. The van der Waals surface area contributed by atoms with Crippen LogP contribution in [0.1, 0.15) is 71.2 Å². The Bertz CT molecular complexity index is 2720. The van der Waals surface area contributed by atoms with E-state index in [2.05, 4.69) is 50.9 Å². The molecule has 6 unspecified atom stereocenters. The zero-order valence-electron chi connectivity index (χ0n) is 34.1. The van der Waals surface area contributed by atoms with Crippen molar-refractivity contribution in [3.8, 4) is 11.3 Å². The van der Waals surface area contributed by atoms with Gasteiger partial charge in [-0.25, -0.2) is 19.7 Å². The first-order valence-electron chi connectivity index (χ1n) is 20.8. The Labute approximate surface area is 340 Å². The summed E-state index contributed by atoms with van der Waals surface area (Å²) >= 11 is 0. The summed E-state index contributed by atoms with van der Waals surface area (Å²) in [5, 5.41) is 8.66. The lowest BCUT2D eigenvalue weighted by Gasteiger charge is -2.31. The second kappa shape index (κ2) is 13.8. The number of amides is 4. The lowest BCUT2D eigenvalue weighted by Crippen LogP contribution is -2.51. The average molecular weight is 796 g/mol. The molecule has 2 aliphatic carbocycles. The monoisotopic (exact) mass is 795 g/mol. The zero-order valence-corrected chi connectivity index (χ0v) is 34.1. The van der Waals surface area contributed by atoms with Crippen LogP contribution < -0.4 is 10.6 Å². The number of nitrogens with zero attached hydrogens (tertiary/aromatic N) is 5. The van der Waals surface area contributed by atoms with Crippen LogP contribution in [0.25, 0.3) is 55.0 Å². The summed E-state index contributed by atoms with van der Waals surface area (Å²) in [4.78, 5) is 78.0. The molecule has 0 radical (unpaired) electrons. The quantitative estimate of drug-likeness (QED) is 0.130. The van der Waals surface area contributed by atoms with Crippen molar-refractivity contribution < 1.29 is 23.9 Å². The van der Waals surface area contributed by atoms with Crippen LogP contribution in [0.15, 0.2) is 54.6 Å². The molecule has 4 fully saturated rings.